The molecule has 2 aliphatic carbocycles. The quantitative estimate of drug-likeness (QED) is 0.703. The van der Waals surface area contributed by atoms with E-state index < -0.39 is 12.0 Å². The van der Waals surface area contributed by atoms with E-state index >= 15 is 0 Å². The lowest BCUT2D eigenvalue weighted by atomic mass is 10.2. The topological polar surface area (TPSA) is 38.0 Å². The van der Waals surface area contributed by atoms with Gasteiger partial charge in [-0.3, -0.25) is 0 Å². The molecule has 2 nitrogen and oxygen atoms in total. The van der Waals surface area contributed by atoms with Gasteiger partial charge in [0.2, 0.25) is 0 Å². The van der Waals surface area contributed by atoms with E-state index in [0.717, 1.165) is 12.8 Å². The third-order valence-corrected chi connectivity index (χ3v) is 3.11. The van der Waals surface area contributed by atoms with Crippen molar-refractivity contribution in [2.75, 3.05) is 6.54 Å². The number of rotatable bonds is 3. The molecule has 2 rings (SSSR count). The molecule has 0 heterocycles. The number of hydrogen-bond acceptors (Lipinski definition) is 2. The first kappa shape index (κ1) is 9.34. The molecule has 2 aliphatic rings. The minimum atomic E-state index is -2.51. The maximum absolute atomic E-state index is 13.1. The van der Waals surface area contributed by atoms with Crippen LogP contribution in [-0.2, 0) is 0 Å². The molecule has 0 radical (unpaired) electrons. The summed E-state index contributed by atoms with van der Waals surface area (Å²) in [5.74, 6) is -2.51. The average molecular weight is 190 g/mol. The van der Waals surface area contributed by atoms with Crippen molar-refractivity contribution >= 4 is 0 Å². The van der Waals surface area contributed by atoms with Gasteiger partial charge < -0.3 is 11.1 Å². The molecule has 0 aromatic heterocycles. The zero-order chi connectivity index (χ0) is 9.53. The molecule has 0 bridgehead atoms. The van der Waals surface area contributed by atoms with E-state index in [-0.39, 0.29) is 12.0 Å². The van der Waals surface area contributed by atoms with Gasteiger partial charge in [0.15, 0.2) is 0 Å². The van der Waals surface area contributed by atoms with Crippen molar-refractivity contribution in [3.63, 3.8) is 0 Å². The standard InChI is InChI=1S/C9H16F2N2/c10-9(11)3-1-2-7(9)13-6-8(12)4-5-8/h7,13H,1-6,12H2. The molecule has 0 spiro atoms. The monoisotopic (exact) mass is 190 g/mol. The molecule has 76 valence electrons. The van der Waals surface area contributed by atoms with E-state index in [1.165, 1.54) is 0 Å². The molecule has 0 saturated heterocycles. The molecular weight excluding hydrogens is 174 g/mol. The number of alkyl halides is 2. The Kier molecular flexibility index (Phi) is 2.07. The molecule has 2 saturated carbocycles. The number of nitrogens with two attached hydrogens (primary N) is 1. The molecule has 0 aromatic rings. The van der Waals surface area contributed by atoms with Crippen molar-refractivity contribution in [2.45, 2.75) is 49.6 Å². The minimum Gasteiger partial charge on any atom is -0.324 e. The highest BCUT2D eigenvalue weighted by atomic mass is 19.3. The van der Waals surface area contributed by atoms with Gasteiger partial charge in [0.25, 0.3) is 5.92 Å². The number of halogens is 2. The van der Waals surface area contributed by atoms with Crippen molar-refractivity contribution in [3.05, 3.63) is 0 Å². The Morgan fingerprint density at radius 2 is 2.00 bits per heavy atom. The lowest BCUT2D eigenvalue weighted by molar-refractivity contribution is -0.0182. The van der Waals surface area contributed by atoms with Crippen LogP contribution in [0, 0.1) is 0 Å². The second-order valence-corrected chi connectivity index (χ2v) is 4.45. The Bertz CT molecular complexity index is 202. The van der Waals surface area contributed by atoms with Crippen LogP contribution in [0.5, 0.6) is 0 Å². The SMILES string of the molecule is NC1(CNC2CCCC2(F)F)CC1. The Hall–Kier alpha value is -0.220. The minimum absolute atomic E-state index is 0.0300. The van der Waals surface area contributed by atoms with Crippen LogP contribution in [0.1, 0.15) is 32.1 Å². The fourth-order valence-corrected chi connectivity index (χ4v) is 1.84. The zero-order valence-electron chi connectivity index (χ0n) is 7.65. The van der Waals surface area contributed by atoms with E-state index in [0.29, 0.717) is 19.4 Å². The third-order valence-electron chi connectivity index (χ3n) is 3.11. The van der Waals surface area contributed by atoms with Gasteiger partial charge in [0, 0.05) is 18.5 Å². The van der Waals surface area contributed by atoms with Gasteiger partial charge in [0.1, 0.15) is 0 Å². The van der Waals surface area contributed by atoms with Crippen molar-refractivity contribution in [1.29, 1.82) is 0 Å². The van der Waals surface area contributed by atoms with Gasteiger partial charge in [-0.1, -0.05) is 0 Å². The van der Waals surface area contributed by atoms with Gasteiger partial charge in [0.05, 0.1) is 6.04 Å². The maximum Gasteiger partial charge on any atom is 0.263 e. The van der Waals surface area contributed by atoms with E-state index in [4.69, 9.17) is 5.73 Å². The Labute approximate surface area is 76.9 Å². The van der Waals surface area contributed by atoms with E-state index in [1.807, 2.05) is 0 Å². The molecular formula is C9H16F2N2. The van der Waals surface area contributed by atoms with E-state index in [2.05, 4.69) is 5.32 Å². The zero-order valence-corrected chi connectivity index (χ0v) is 7.65. The van der Waals surface area contributed by atoms with Crippen LogP contribution in [0.3, 0.4) is 0 Å². The van der Waals surface area contributed by atoms with Crippen LogP contribution in [0.25, 0.3) is 0 Å². The number of hydrogen-bond donors (Lipinski definition) is 2. The van der Waals surface area contributed by atoms with Crippen molar-refractivity contribution < 1.29 is 8.78 Å². The number of nitrogens with one attached hydrogen (secondary N) is 1. The van der Waals surface area contributed by atoms with Gasteiger partial charge in [-0.15, -0.1) is 0 Å². The summed E-state index contributed by atoms with van der Waals surface area (Å²) in [5, 5.41) is 2.90. The van der Waals surface area contributed by atoms with Crippen molar-refractivity contribution in [3.8, 4) is 0 Å². The third kappa shape index (κ3) is 1.99. The van der Waals surface area contributed by atoms with Crippen LogP contribution >= 0.6 is 0 Å². The normalized spacial score (nSPS) is 34.8. The maximum atomic E-state index is 13.1. The largest absolute Gasteiger partial charge is 0.324 e. The summed E-state index contributed by atoms with van der Waals surface area (Å²) >= 11 is 0. The Morgan fingerprint density at radius 3 is 2.46 bits per heavy atom. The Balaban J connectivity index is 1.81. The molecule has 3 N–H and O–H groups in total. The lowest BCUT2D eigenvalue weighted by Gasteiger charge is -2.22. The fraction of sp³-hybridized carbons (Fsp3) is 1.00. The van der Waals surface area contributed by atoms with Crippen LogP contribution in [-0.4, -0.2) is 24.0 Å². The summed E-state index contributed by atoms with van der Waals surface area (Å²) in [7, 11) is 0. The molecule has 0 amide bonds. The van der Waals surface area contributed by atoms with Gasteiger partial charge in [-0.25, -0.2) is 8.78 Å². The van der Waals surface area contributed by atoms with Crippen LogP contribution in [0.4, 0.5) is 8.78 Å². The van der Waals surface area contributed by atoms with Crippen molar-refractivity contribution in [1.82, 2.24) is 5.32 Å². The van der Waals surface area contributed by atoms with Crippen LogP contribution in [0.2, 0.25) is 0 Å². The van der Waals surface area contributed by atoms with Gasteiger partial charge >= 0.3 is 0 Å². The van der Waals surface area contributed by atoms with Gasteiger partial charge in [-0.05, 0) is 25.7 Å². The molecule has 0 aromatic carbocycles. The van der Waals surface area contributed by atoms with E-state index in [9.17, 15) is 8.78 Å². The van der Waals surface area contributed by atoms with Crippen LogP contribution in [0.15, 0.2) is 0 Å². The first-order valence-corrected chi connectivity index (χ1v) is 4.92. The molecule has 2 fully saturated rings. The van der Waals surface area contributed by atoms with E-state index in [1.54, 1.807) is 0 Å². The molecule has 1 unspecified atom stereocenters. The first-order valence-electron chi connectivity index (χ1n) is 4.92. The summed E-state index contributed by atoms with van der Waals surface area (Å²) in [5.41, 5.74) is 5.64. The smallest absolute Gasteiger partial charge is 0.263 e. The summed E-state index contributed by atoms with van der Waals surface area (Å²) in [4.78, 5) is 0. The molecule has 13 heavy (non-hydrogen) atoms. The first-order chi connectivity index (χ1) is 6.02. The lowest BCUT2D eigenvalue weighted by Crippen LogP contribution is -2.46. The van der Waals surface area contributed by atoms with Gasteiger partial charge in [-0.2, -0.15) is 0 Å². The molecule has 0 aliphatic heterocycles. The summed E-state index contributed by atoms with van der Waals surface area (Å²) in [6.45, 7) is 0.549. The molecule has 1 atom stereocenters. The fourth-order valence-electron chi connectivity index (χ4n) is 1.84. The average Bonchev–Trinajstić information content (AvgIpc) is 2.66. The molecule has 4 heteroatoms. The highest BCUT2D eigenvalue weighted by molar-refractivity contribution is 5.02. The highest BCUT2D eigenvalue weighted by Gasteiger charge is 2.46. The second kappa shape index (κ2) is 2.89. The second-order valence-electron chi connectivity index (χ2n) is 4.45. The highest BCUT2D eigenvalue weighted by Crippen LogP contribution is 2.36. The summed E-state index contributed by atoms with van der Waals surface area (Å²) < 4.78 is 26.2. The Morgan fingerprint density at radius 1 is 1.31 bits per heavy atom. The predicted molar refractivity (Wildman–Crippen MR) is 46.7 cm³/mol. The van der Waals surface area contributed by atoms with Crippen LogP contribution < -0.4 is 11.1 Å². The summed E-state index contributed by atoms with van der Waals surface area (Å²) in [6.07, 6.45) is 3.18. The predicted octanol–water partition coefficient (Wildman–Crippen LogP) is 1.26. The van der Waals surface area contributed by atoms with Crippen molar-refractivity contribution in [2.24, 2.45) is 5.73 Å². The summed E-state index contributed by atoms with van der Waals surface area (Å²) in [6, 6.07) is -0.631.